The lowest BCUT2D eigenvalue weighted by atomic mass is 9.93. The number of aliphatic hydroxyl groups is 1. The molecule has 2 unspecified atom stereocenters. The fourth-order valence-electron chi connectivity index (χ4n) is 3.28. The smallest absolute Gasteiger partial charge is 0.335 e. The number of hydrogen-bond acceptors (Lipinski definition) is 4. The van der Waals surface area contributed by atoms with Crippen LogP contribution in [-0.2, 0) is 6.42 Å². The molecule has 0 radical (unpaired) electrons. The van der Waals surface area contributed by atoms with Gasteiger partial charge < -0.3 is 14.9 Å². The van der Waals surface area contributed by atoms with E-state index in [1.165, 1.54) is 23.3 Å². The number of β-amino-alcohol motifs (C(OH)–C–C–N with tert-alkyl or cyclic N) is 1. The molecule has 2 aromatic rings. The molecule has 0 spiro atoms. The fraction of sp³-hybridized carbons (Fsp3) is 0.350. The molecule has 2 aromatic carbocycles. The molecule has 25 heavy (non-hydrogen) atoms. The second kappa shape index (κ2) is 7.68. The fourth-order valence-corrected chi connectivity index (χ4v) is 3.28. The number of carboxylic acid groups (broad SMARTS) is 1. The molecule has 0 amide bonds. The Morgan fingerprint density at radius 2 is 1.96 bits per heavy atom. The quantitative estimate of drug-likeness (QED) is 0.845. The lowest BCUT2D eigenvalue weighted by Gasteiger charge is -2.36. The van der Waals surface area contributed by atoms with E-state index in [0.717, 1.165) is 13.0 Å². The van der Waals surface area contributed by atoms with E-state index in [0.29, 0.717) is 12.3 Å². The first-order valence-corrected chi connectivity index (χ1v) is 8.50. The molecule has 0 fully saturated rings. The van der Waals surface area contributed by atoms with Crippen LogP contribution in [0, 0.1) is 0 Å². The number of carboxylic acids is 1. The summed E-state index contributed by atoms with van der Waals surface area (Å²) in [5, 5.41) is 19.2. The normalized spacial score (nSPS) is 18.4. The molecule has 1 aliphatic heterocycles. The zero-order chi connectivity index (χ0) is 17.8. The highest BCUT2D eigenvalue weighted by Crippen LogP contribution is 2.29. The van der Waals surface area contributed by atoms with Crippen LogP contribution in [0.15, 0.2) is 48.5 Å². The van der Waals surface area contributed by atoms with E-state index < -0.39 is 12.1 Å². The molecule has 5 heteroatoms. The van der Waals surface area contributed by atoms with Crippen LogP contribution in [0.1, 0.15) is 34.5 Å². The van der Waals surface area contributed by atoms with Gasteiger partial charge in [0.05, 0.1) is 5.56 Å². The van der Waals surface area contributed by atoms with Crippen molar-refractivity contribution in [3.05, 3.63) is 65.2 Å². The summed E-state index contributed by atoms with van der Waals surface area (Å²) >= 11 is 0. The summed E-state index contributed by atoms with van der Waals surface area (Å²) in [6, 6.07) is 14.9. The van der Waals surface area contributed by atoms with Gasteiger partial charge in [-0.15, -0.1) is 0 Å². The van der Waals surface area contributed by atoms with Crippen molar-refractivity contribution in [3.8, 4) is 5.75 Å². The van der Waals surface area contributed by atoms with Crippen molar-refractivity contribution >= 4 is 5.97 Å². The van der Waals surface area contributed by atoms with Gasteiger partial charge >= 0.3 is 5.97 Å². The monoisotopic (exact) mass is 341 g/mol. The van der Waals surface area contributed by atoms with Gasteiger partial charge in [-0.1, -0.05) is 24.3 Å². The van der Waals surface area contributed by atoms with Crippen molar-refractivity contribution in [3.63, 3.8) is 0 Å². The van der Waals surface area contributed by atoms with Crippen LogP contribution < -0.4 is 4.74 Å². The van der Waals surface area contributed by atoms with Crippen LogP contribution >= 0.6 is 0 Å². The number of aromatic carboxylic acids is 1. The maximum absolute atomic E-state index is 10.8. The van der Waals surface area contributed by atoms with Crippen LogP contribution in [0.3, 0.4) is 0 Å². The van der Waals surface area contributed by atoms with Gasteiger partial charge in [-0.05, 0) is 48.7 Å². The average molecular weight is 341 g/mol. The van der Waals surface area contributed by atoms with Gasteiger partial charge in [0.15, 0.2) is 0 Å². The minimum absolute atomic E-state index is 0.178. The number of nitrogens with zero attached hydrogens (tertiary/aromatic N) is 1. The van der Waals surface area contributed by atoms with E-state index >= 15 is 0 Å². The number of fused-ring (bicyclic) bond motifs is 1. The van der Waals surface area contributed by atoms with Crippen molar-refractivity contribution in [2.24, 2.45) is 0 Å². The molecular formula is C20H23NO4. The molecule has 0 bridgehead atoms. The van der Waals surface area contributed by atoms with E-state index in [-0.39, 0.29) is 18.2 Å². The Labute approximate surface area is 147 Å². The Bertz CT molecular complexity index is 729. The number of aliphatic hydroxyl groups excluding tert-OH is 1. The lowest BCUT2D eigenvalue weighted by molar-refractivity contribution is 0.0518. The number of ether oxygens (including phenoxy) is 1. The SMILES string of the molecule is CC1c2ccccc2CCN1CC(O)COc1ccc(C(=O)O)cc1. The third kappa shape index (κ3) is 4.18. The predicted octanol–water partition coefficient (Wildman–Crippen LogP) is 2.74. The van der Waals surface area contributed by atoms with Gasteiger partial charge in [-0.2, -0.15) is 0 Å². The molecular weight excluding hydrogens is 318 g/mol. The average Bonchev–Trinajstić information content (AvgIpc) is 2.63. The number of rotatable bonds is 6. The summed E-state index contributed by atoms with van der Waals surface area (Å²) in [4.78, 5) is 13.1. The molecule has 5 nitrogen and oxygen atoms in total. The van der Waals surface area contributed by atoms with Gasteiger partial charge in [0.1, 0.15) is 18.5 Å². The van der Waals surface area contributed by atoms with E-state index in [1.807, 2.05) is 0 Å². The molecule has 0 aromatic heterocycles. The number of benzene rings is 2. The Kier molecular flexibility index (Phi) is 5.36. The zero-order valence-corrected chi connectivity index (χ0v) is 14.3. The first-order chi connectivity index (χ1) is 12.0. The molecule has 2 atom stereocenters. The molecule has 1 heterocycles. The second-order valence-electron chi connectivity index (χ2n) is 6.41. The Balaban J connectivity index is 1.53. The Morgan fingerprint density at radius 1 is 1.24 bits per heavy atom. The third-order valence-electron chi connectivity index (χ3n) is 4.71. The summed E-state index contributed by atoms with van der Waals surface area (Å²) in [5.41, 5.74) is 2.93. The van der Waals surface area contributed by atoms with Crippen molar-refractivity contribution in [2.75, 3.05) is 19.7 Å². The van der Waals surface area contributed by atoms with Gasteiger partial charge in [0, 0.05) is 19.1 Å². The van der Waals surface area contributed by atoms with Crippen molar-refractivity contribution in [2.45, 2.75) is 25.5 Å². The standard InChI is InChI=1S/C20H23NO4/c1-14-19-5-3-2-4-15(19)10-11-21(14)12-17(22)13-25-18-8-6-16(7-9-18)20(23)24/h2-9,14,17,22H,10-13H2,1H3,(H,23,24). The maximum Gasteiger partial charge on any atom is 0.335 e. The van der Waals surface area contributed by atoms with Crippen molar-refractivity contribution < 1.29 is 19.7 Å². The molecule has 2 N–H and O–H groups in total. The van der Waals surface area contributed by atoms with Crippen molar-refractivity contribution in [1.29, 1.82) is 0 Å². The molecule has 0 aliphatic carbocycles. The van der Waals surface area contributed by atoms with Crippen LogP contribution in [-0.4, -0.2) is 46.9 Å². The van der Waals surface area contributed by atoms with Gasteiger partial charge in [-0.3, -0.25) is 4.90 Å². The minimum atomic E-state index is -0.967. The van der Waals surface area contributed by atoms with Crippen molar-refractivity contribution in [1.82, 2.24) is 4.90 Å². The first kappa shape index (κ1) is 17.5. The summed E-state index contributed by atoms with van der Waals surface area (Å²) in [7, 11) is 0. The lowest BCUT2D eigenvalue weighted by Crippen LogP contribution is -2.41. The molecule has 1 aliphatic rings. The summed E-state index contributed by atoms with van der Waals surface area (Å²) < 4.78 is 5.58. The second-order valence-corrected chi connectivity index (χ2v) is 6.41. The highest BCUT2D eigenvalue weighted by atomic mass is 16.5. The van der Waals surface area contributed by atoms with Crippen LogP contribution in [0.5, 0.6) is 5.75 Å². The van der Waals surface area contributed by atoms with Crippen LogP contribution in [0.4, 0.5) is 0 Å². The molecule has 0 saturated heterocycles. The largest absolute Gasteiger partial charge is 0.491 e. The third-order valence-corrected chi connectivity index (χ3v) is 4.71. The number of carbonyl (C=O) groups is 1. The minimum Gasteiger partial charge on any atom is -0.491 e. The Morgan fingerprint density at radius 3 is 2.68 bits per heavy atom. The van der Waals surface area contributed by atoms with E-state index in [4.69, 9.17) is 9.84 Å². The van der Waals surface area contributed by atoms with Gasteiger partial charge in [-0.25, -0.2) is 4.79 Å². The van der Waals surface area contributed by atoms with Gasteiger partial charge in [0.25, 0.3) is 0 Å². The maximum atomic E-state index is 10.8. The number of hydrogen-bond donors (Lipinski definition) is 2. The topological polar surface area (TPSA) is 70.0 Å². The summed E-state index contributed by atoms with van der Waals surface area (Å²) in [5.74, 6) is -0.410. The summed E-state index contributed by atoms with van der Waals surface area (Å²) in [6.45, 7) is 3.80. The van der Waals surface area contributed by atoms with E-state index in [9.17, 15) is 9.90 Å². The predicted molar refractivity (Wildman–Crippen MR) is 95.0 cm³/mol. The molecule has 3 rings (SSSR count). The van der Waals surface area contributed by atoms with Crippen LogP contribution in [0.2, 0.25) is 0 Å². The molecule has 132 valence electrons. The first-order valence-electron chi connectivity index (χ1n) is 8.50. The molecule has 0 saturated carbocycles. The highest BCUT2D eigenvalue weighted by Gasteiger charge is 2.25. The zero-order valence-electron chi connectivity index (χ0n) is 14.3. The van der Waals surface area contributed by atoms with E-state index in [2.05, 4.69) is 36.1 Å². The van der Waals surface area contributed by atoms with Crippen LogP contribution in [0.25, 0.3) is 0 Å². The van der Waals surface area contributed by atoms with Gasteiger partial charge in [0.2, 0.25) is 0 Å². The van der Waals surface area contributed by atoms with E-state index in [1.54, 1.807) is 12.1 Å². The highest BCUT2D eigenvalue weighted by molar-refractivity contribution is 5.87. The summed E-state index contributed by atoms with van der Waals surface area (Å²) in [6.07, 6.45) is 0.386. The Hall–Kier alpha value is -2.37.